The first-order valence-electron chi connectivity index (χ1n) is 30.2. The lowest BCUT2D eigenvalue weighted by Gasteiger charge is -2.40. The fraction of sp³-hybridized carbons (Fsp3) is 0.885. The lowest BCUT2D eigenvalue weighted by atomic mass is 9.99. The van der Waals surface area contributed by atoms with Crippen molar-refractivity contribution in [1.29, 1.82) is 0 Å². The quantitative estimate of drug-likeness (QED) is 0.0261. The number of carbonyl (C=O) groups excluding carboxylic acids is 1. The summed E-state index contributed by atoms with van der Waals surface area (Å²) in [6.07, 6.45) is 59.5. The summed E-state index contributed by atoms with van der Waals surface area (Å²) in [4.78, 5) is 13.0. The zero-order valence-electron chi connectivity index (χ0n) is 45.8. The molecule has 7 atom stereocenters. The molecule has 7 unspecified atom stereocenters. The van der Waals surface area contributed by atoms with Gasteiger partial charge in [0.25, 0.3) is 0 Å². The Balaban J connectivity index is 2.17. The van der Waals surface area contributed by atoms with Crippen molar-refractivity contribution in [2.75, 3.05) is 13.2 Å². The summed E-state index contributed by atoms with van der Waals surface area (Å²) in [5.74, 6) is -0.193. The van der Waals surface area contributed by atoms with Gasteiger partial charge in [-0.2, -0.15) is 0 Å². The van der Waals surface area contributed by atoms with Crippen LogP contribution in [0.1, 0.15) is 290 Å². The molecule has 0 aromatic heterocycles. The Morgan fingerprint density at radius 3 is 1.20 bits per heavy atom. The summed E-state index contributed by atoms with van der Waals surface area (Å²) in [5.41, 5.74) is 0. The number of unbranched alkanes of at least 4 members (excludes halogenated alkanes) is 38. The van der Waals surface area contributed by atoms with Gasteiger partial charge < -0.3 is 40.3 Å². The van der Waals surface area contributed by atoms with Crippen LogP contribution in [-0.4, -0.2) is 87.5 Å². The molecule has 70 heavy (non-hydrogen) atoms. The van der Waals surface area contributed by atoms with Gasteiger partial charge in [0.2, 0.25) is 5.91 Å². The fourth-order valence-electron chi connectivity index (χ4n) is 9.64. The Labute approximate surface area is 431 Å². The lowest BCUT2D eigenvalue weighted by Crippen LogP contribution is -2.60. The van der Waals surface area contributed by atoms with Crippen molar-refractivity contribution in [3.63, 3.8) is 0 Å². The van der Waals surface area contributed by atoms with Gasteiger partial charge in [0.05, 0.1) is 25.4 Å². The molecule has 0 radical (unpaired) electrons. The molecule has 1 fully saturated rings. The Kier molecular flexibility index (Phi) is 48.3. The number of nitrogens with one attached hydrogen (secondary N) is 1. The van der Waals surface area contributed by atoms with Crippen LogP contribution in [0, 0.1) is 0 Å². The molecule has 1 aliphatic rings. The Morgan fingerprint density at radius 2 is 0.814 bits per heavy atom. The maximum absolute atomic E-state index is 13.0. The number of hydrogen-bond acceptors (Lipinski definition) is 8. The first-order chi connectivity index (χ1) is 34.3. The normalized spacial score (nSPS) is 19.6. The van der Waals surface area contributed by atoms with E-state index in [1.54, 1.807) is 6.08 Å². The van der Waals surface area contributed by atoms with Crippen LogP contribution < -0.4 is 5.32 Å². The Hall–Kier alpha value is -1.59. The largest absolute Gasteiger partial charge is 0.394 e. The van der Waals surface area contributed by atoms with Crippen LogP contribution in [0.2, 0.25) is 0 Å². The van der Waals surface area contributed by atoms with Gasteiger partial charge in [0.15, 0.2) is 6.29 Å². The van der Waals surface area contributed by atoms with E-state index < -0.39 is 49.5 Å². The number of amides is 1. The highest BCUT2D eigenvalue weighted by molar-refractivity contribution is 5.76. The van der Waals surface area contributed by atoms with Gasteiger partial charge in [-0.3, -0.25) is 4.79 Å². The molecule has 0 saturated carbocycles. The van der Waals surface area contributed by atoms with E-state index in [1.807, 2.05) is 6.08 Å². The Morgan fingerprint density at radius 1 is 0.471 bits per heavy atom. The third kappa shape index (κ3) is 39.9. The molecule has 1 aliphatic heterocycles. The predicted octanol–water partition coefficient (Wildman–Crippen LogP) is 15.1. The molecule has 0 bridgehead atoms. The average molecular weight is 991 g/mol. The number of carbonyl (C=O) groups is 1. The van der Waals surface area contributed by atoms with Crippen LogP contribution in [0.15, 0.2) is 36.5 Å². The SMILES string of the molecule is CCCCCCCC/C=C\CCCCCCCC(=O)NC(COC1OC(CO)C(O)C(O)C1O)C(O)/C=C/CC/C=C/CCCCCCCCCCCCCCCCCCCCCCCCCCCC. The molecule has 0 aromatic carbocycles. The van der Waals surface area contributed by atoms with Crippen molar-refractivity contribution >= 4 is 5.91 Å². The van der Waals surface area contributed by atoms with Crippen LogP contribution in [-0.2, 0) is 14.3 Å². The number of ether oxygens (including phenoxy) is 2. The standard InChI is InChI=1S/C61H115NO8/c1-3-5-7-9-11-13-15-17-19-20-21-22-23-24-25-26-27-28-29-30-31-32-33-34-35-37-38-40-42-44-46-48-50-55(64)54(53-69-61-60(68)59(67)58(66)56(52-63)70-61)62-57(65)51-49-47-45-43-41-39-36-18-16-14-12-10-8-6-4-2/h18,36,40,42,48,50,54-56,58-61,63-64,66-68H,3-17,19-35,37-39,41,43-47,49,51-53H2,1-2H3,(H,62,65)/b36-18-,42-40+,50-48+. The van der Waals surface area contributed by atoms with E-state index in [1.165, 1.54) is 212 Å². The van der Waals surface area contributed by atoms with Crippen LogP contribution in [0.4, 0.5) is 0 Å². The van der Waals surface area contributed by atoms with Crippen LogP contribution in [0.3, 0.4) is 0 Å². The second-order valence-corrected chi connectivity index (χ2v) is 21.1. The summed E-state index contributed by atoms with van der Waals surface area (Å²) in [6.45, 7) is 3.78. The number of hydrogen-bond donors (Lipinski definition) is 6. The van der Waals surface area contributed by atoms with E-state index in [0.29, 0.717) is 6.42 Å². The van der Waals surface area contributed by atoms with Gasteiger partial charge in [0.1, 0.15) is 24.4 Å². The van der Waals surface area contributed by atoms with E-state index in [2.05, 4.69) is 43.5 Å². The highest BCUT2D eigenvalue weighted by Crippen LogP contribution is 2.23. The molecular formula is C61H115NO8. The van der Waals surface area contributed by atoms with E-state index in [9.17, 15) is 30.3 Å². The molecule has 1 heterocycles. The van der Waals surface area contributed by atoms with E-state index in [4.69, 9.17) is 9.47 Å². The summed E-state index contributed by atoms with van der Waals surface area (Å²) in [7, 11) is 0. The van der Waals surface area contributed by atoms with Crippen molar-refractivity contribution in [1.82, 2.24) is 5.32 Å². The van der Waals surface area contributed by atoms with Gasteiger partial charge in [0, 0.05) is 6.42 Å². The molecule has 9 heteroatoms. The second kappa shape index (κ2) is 50.9. The molecule has 0 aliphatic carbocycles. The van der Waals surface area contributed by atoms with Crippen molar-refractivity contribution in [3.05, 3.63) is 36.5 Å². The number of rotatable bonds is 52. The zero-order chi connectivity index (χ0) is 50.8. The highest BCUT2D eigenvalue weighted by Gasteiger charge is 2.44. The second-order valence-electron chi connectivity index (χ2n) is 21.1. The summed E-state index contributed by atoms with van der Waals surface area (Å²) < 4.78 is 11.2. The summed E-state index contributed by atoms with van der Waals surface area (Å²) in [6, 6.07) is -0.826. The smallest absolute Gasteiger partial charge is 0.220 e. The maximum Gasteiger partial charge on any atom is 0.220 e. The minimum atomic E-state index is -1.57. The minimum absolute atomic E-state index is 0.193. The van der Waals surface area contributed by atoms with Gasteiger partial charge >= 0.3 is 0 Å². The summed E-state index contributed by atoms with van der Waals surface area (Å²) in [5, 5.41) is 54.4. The van der Waals surface area contributed by atoms with E-state index in [-0.39, 0.29) is 12.5 Å². The number of allylic oxidation sites excluding steroid dienone is 5. The predicted molar refractivity (Wildman–Crippen MR) is 295 cm³/mol. The zero-order valence-corrected chi connectivity index (χ0v) is 45.8. The van der Waals surface area contributed by atoms with Crippen molar-refractivity contribution in [3.8, 4) is 0 Å². The van der Waals surface area contributed by atoms with Gasteiger partial charge in [-0.25, -0.2) is 0 Å². The lowest BCUT2D eigenvalue weighted by molar-refractivity contribution is -0.302. The van der Waals surface area contributed by atoms with Gasteiger partial charge in [-0.05, 0) is 57.8 Å². The Bertz CT molecular complexity index is 1190. The maximum atomic E-state index is 13.0. The third-order valence-electron chi connectivity index (χ3n) is 14.4. The van der Waals surface area contributed by atoms with Crippen molar-refractivity contribution in [2.45, 2.75) is 333 Å². The molecule has 412 valence electrons. The molecule has 1 rings (SSSR count). The molecule has 6 N–H and O–H groups in total. The number of aliphatic hydroxyl groups excluding tert-OH is 5. The molecular weight excluding hydrogens is 875 g/mol. The monoisotopic (exact) mass is 990 g/mol. The molecule has 1 amide bonds. The fourth-order valence-corrected chi connectivity index (χ4v) is 9.64. The number of aliphatic hydroxyl groups is 5. The minimum Gasteiger partial charge on any atom is -0.394 e. The van der Waals surface area contributed by atoms with Crippen LogP contribution in [0.25, 0.3) is 0 Å². The van der Waals surface area contributed by atoms with Crippen LogP contribution >= 0.6 is 0 Å². The first kappa shape index (κ1) is 66.4. The van der Waals surface area contributed by atoms with E-state index in [0.717, 1.165) is 57.8 Å². The average Bonchev–Trinajstić information content (AvgIpc) is 3.36. The van der Waals surface area contributed by atoms with E-state index >= 15 is 0 Å². The summed E-state index contributed by atoms with van der Waals surface area (Å²) >= 11 is 0. The first-order valence-corrected chi connectivity index (χ1v) is 30.2. The molecule has 1 saturated heterocycles. The van der Waals surface area contributed by atoms with Crippen molar-refractivity contribution < 1.29 is 39.8 Å². The molecule has 9 nitrogen and oxygen atoms in total. The topological polar surface area (TPSA) is 149 Å². The molecule has 0 spiro atoms. The van der Waals surface area contributed by atoms with Crippen LogP contribution in [0.5, 0.6) is 0 Å². The molecule has 0 aromatic rings. The third-order valence-corrected chi connectivity index (χ3v) is 14.4. The highest BCUT2D eigenvalue weighted by atomic mass is 16.7. The van der Waals surface area contributed by atoms with Gasteiger partial charge in [-0.1, -0.05) is 262 Å². The van der Waals surface area contributed by atoms with Gasteiger partial charge in [-0.15, -0.1) is 0 Å². The van der Waals surface area contributed by atoms with Crippen molar-refractivity contribution in [2.24, 2.45) is 0 Å².